The van der Waals surface area contributed by atoms with E-state index in [4.69, 9.17) is 20.3 Å². The zero-order valence-electron chi connectivity index (χ0n) is 8.78. The molecular formula is C11H14FNO3. The topological polar surface area (TPSA) is 64.7 Å². The Hall–Kier alpha value is -1.33. The van der Waals surface area contributed by atoms with E-state index in [0.29, 0.717) is 29.0 Å². The molecule has 1 aromatic carbocycles. The SMILES string of the molecule is NC(CCO)c1cc2c(cc1CF)OCO2. The zero-order valence-corrected chi connectivity index (χ0v) is 8.78. The highest BCUT2D eigenvalue weighted by Gasteiger charge is 2.19. The van der Waals surface area contributed by atoms with Gasteiger partial charge in [0.1, 0.15) is 6.67 Å². The van der Waals surface area contributed by atoms with Crippen LogP contribution in [0.4, 0.5) is 4.39 Å². The Labute approximate surface area is 92.8 Å². The first-order valence-corrected chi connectivity index (χ1v) is 5.11. The summed E-state index contributed by atoms with van der Waals surface area (Å²) in [6.07, 6.45) is 0.395. The van der Waals surface area contributed by atoms with Gasteiger partial charge in [-0.25, -0.2) is 4.39 Å². The van der Waals surface area contributed by atoms with Gasteiger partial charge in [-0.1, -0.05) is 0 Å². The van der Waals surface area contributed by atoms with Crippen LogP contribution in [0.3, 0.4) is 0 Å². The summed E-state index contributed by atoms with van der Waals surface area (Å²) in [7, 11) is 0. The van der Waals surface area contributed by atoms with Crippen molar-refractivity contribution in [2.45, 2.75) is 19.1 Å². The molecule has 1 aliphatic heterocycles. The molecule has 0 spiro atoms. The van der Waals surface area contributed by atoms with Crippen LogP contribution in [0, 0.1) is 0 Å². The maximum absolute atomic E-state index is 12.8. The van der Waals surface area contributed by atoms with Crippen LogP contribution < -0.4 is 15.2 Å². The van der Waals surface area contributed by atoms with Gasteiger partial charge in [0.25, 0.3) is 0 Å². The number of ether oxygens (including phenoxy) is 2. The summed E-state index contributed by atoms with van der Waals surface area (Å²) in [4.78, 5) is 0. The van der Waals surface area contributed by atoms with Crippen molar-refractivity contribution in [1.29, 1.82) is 0 Å². The van der Waals surface area contributed by atoms with Crippen molar-refractivity contribution in [3.63, 3.8) is 0 Å². The van der Waals surface area contributed by atoms with Gasteiger partial charge in [-0.3, -0.25) is 0 Å². The van der Waals surface area contributed by atoms with Gasteiger partial charge in [0.2, 0.25) is 6.79 Å². The predicted octanol–water partition coefficient (Wildman–Crippen LogP) is 1.27. The van der Waals surface area contributed by atoms with Gasteiger partial charge >= 0.3 is 0 Å². The third kappa shape index (κ3) is 1.96. The summed E-state index contributed by atoms with van der Waals surface area (Å²) in [6, 6.07) is 2.91. The lowest BCUT2D eigenvalue weighted by atomic mass is 9.98. The fraction of sp³-hybridized carbons (Fsp3) is 0.455. The second-order valence-corrected chi connectivity index (χ2v) is 3.66. The van der Waals surface area contributed by atoms with Crippen molar-refractivity contribution in [2.24, 2.45) is 5.73 Å². The number of fused-ring (bicyclic) bond motifs is 1. The summed E-state index contributed by atoms with van der Waals surface area (Å²) >= 11 is 0. The van der Waals surface area contributed by atoms with Crippen molar-refractivity contribution in [2.75, 3.05) is 13.4 Å². The van der Waals surface area contributed by atoms with Crippen molar-refractivity contribution in [3.8, 4) is 11.5 Å². The normalized spacial score (nSPS) is 15.2. The number of nitrogens with two attached hydrogens (primary N) is 1. The number of hydrogen-bond acceptors (Lipinski definition) is 4. The standard InChI is InChI=1S/C11H14FNO3/c12-5-7-3-10-11(16-6-15-10)4-8(7)9(13)1-2-14/h3-4,9,14H,1-2,5-6,13H2. The van der Waals surface area contributed by atoms with Gasteiger partial charge in [0, 0.05) is 12.6 Å². The Bertz CT molecular complexity index is 384. The van der Waals surface area contributed by atoms with Gasteiger partial charge in [-0.05, 0) is 29.7 Å². The first kappa shape index (κ1) is 11.2. The predicted molar refractivity (Wildman–Crippen MR) is 56.0 cm³/mol. The van der Waals surface area contributed by atoms with Crippen LogP contribution >= 0.6 is 0 Å². The van der Waals surface area contributed by atoms with E-state index >= 15 is 0 Å². The van der Waals surface area contributed by atoms with E-state index in [1.165, 1.54) is 0 Å². The lowest BCUT2D eigenvalue weighted by molar-refractivity contribution is 0.174. The molecule has 4 nitrogen and oxygen atoms in total. The highest BCUT2D eigenvalue weighted by Crippen LogP contribution is 2.37. The fourth-order valence-corrected chi connectivity index (χ4v) is 1.76. The number of alkyl halides is 1. The Morgan fingerprint density at radius 1 is 1.38 bits per heavy atom. The van der Waals surface area contributed by atoms with E-state index in [-0.39, 0.29) is 19.4 Å². The van der Waals surface area contributed by atoms with Crippen LogP contribution in [-0.4, -0.2) is 18.5 Å². The largest absolute Gasteiger partial charge is 0.454 e. The minimum atomic E-state index is -0.606. The molecule has 2 rings (SSSR count). The molecule has 3 N–H and O–H groups in total. The number of halogens is 1. The number of rotatable bonds is 4. The Balaban J connectivity index is 2.35. The molecule has 0 fully saturated rings. The number of hydrogen-bond donors (Lipinski definition) is 2. The summed E-state index contributed by atoms with van der Waals surface area (Å²) in [5.74, 6) is 1.13. The minimum absolute atomic E-state index is 0.0265. The third-order valence-corrected chi connectivity index (χ3v) is 2.62. The molecule has 0 saturated carbocycles. The first-order chi connectivity index (χ1) is 7.76. The molecule has 0 aromatic heterocycles. The monoisotopic (exact) mass is 227 g/mol. The first-order valence-electron chi connectivity index (χ1n) is 5.11. The summed E-state index contributed by atoms with van der Waals surface area (Å²) in [5, 5.41) is 8.83. The van der Waals surface area contributed by atoms with Gasteiger partial charge in [-0.2, -0.15) is 0 Å². The maximum Gasteiger partial charge on any atom is 0.231 e. The van der Waals surface area contributed by atoms with Crippen LogP contribution in [0.25, 0.3) is 0 Å². The lowest BCUT2D eigenvalue weighted by Crippen LogP contribution is -2.14. The Morgan fingerprint density at radius 2 is 2.06 bits per heavy atom. The molecule has 1 atom stereocenters. The Morgan fingerprint density at radius 3 is 2.69 bits per heavy atom. The molecule has 1 heterocycles. The van der Waals surface area contributed by atoms with E-state index in [9.17, 15) is 4.39 Å². The average molecular weight is 227 g/mol. The number of benzene rings is 1. The summed E-state index contributed by atoms with van der Waals surface area (Å²) in [5.41, 5.74) is 7.01. The highest BCUT2D eigenvalue weighted by molar-refractivity contribution is 5.49. The second-order valence-electron chi connectivity index (χ2n) is 3.66. The van der Waals surface area contributed by atoms with Crippen molar-refractivity contribution >= 4 is 0 Å². The van der Waals surface area contributed by atoms with Crippen LogP contribution in [0.2, 0.25) is 0 Å². The quantitative estimate of drug-likeness (QED) is 0.813. The molecule has 0 aliphatic carbocycles. The lowest BCUT2D eigenvalue weighted by Gasteiger charge is -2.14. The molecule has 16 heavy (non-hydrogen) atoms. The minimum Gasteiger partial charge on any atom is -0.454 e. The number of aliphatic hydroxyl groups excluding tert-OH is 1. The summed E-state index contributed by atoms with van der Waals surface area (Å²) < 4.78 is 23.2. The smallest absolute Gasteiger partial charge is 0.231 e. The van der Waals surface area contributed by atoms with Gasteiger partial charge in [-0.15, -0.1) is 0 Å². The highest BCUT2D eigenvalue weighted by atomic mass is 19.1. The molecule has 1 aromatic rings. The fourth-order valence-electron chi connectivity index (χ4n) is 1.76. The second kappa shape index (κ2) is 4.67. The zero-order chi connectivity index (χ0) is 11.5. The van der Waals surface area contributed by atoms with Crippen LogP contribution in [-0.2, 0) is 6.67 Å². The van der Waals surface area contributed by atoms with E-state index in [1.54, 1.807) is 12.1 Å². The number of aliphatic hydroxyl groups is 1. The molecule has 0 bridgehead atoms. The maximum atomic E-state index is 12.8. The van der Waals surface area contributed by atoms with Crippen LogP contribution in [0.1, 0.15) is 23.6 Å². The van der Waals surface area contributed by atoms with Crippen molar-refractivity contribution in [3.05, 3.63) is 23.3 Å². The molecule has 88 valence electrons. The van der Waals surface area contributed by atoms with Gasteiger partial charge in [0.05, 0.1) is 0 Å². The average Bonchev–Trinajstić information content (AvgIpc) is 2.74. The van der Waals surface area contributed by atoms with E-state index in [2.05, 4.69) is 0 Å². The molecule has 0 saturated heterocycles. The summed E-state index contributed by atoms with van der Waals surface area (Å²) in [6.45, 7) is -0.480. The molecule has 5 heteroatoms. The van der Waals surface area contributed by atoms with Crippen LogP contribution in [0.15, 0.2) is 12.1 Å². The molecule has 0 amide bonds. The molecule has 0 radical (unpaired) electrons. The molecular weight excluding hydrogens is 213 g/mol. The third-order valence-electron chi connectivity index (χ3n) is 2.62. The van der Waals surface area contributed by atoms with Crippen molar-refractivity contribution < 1.29 is 19.0 Å². The molecule has 1 aliphatic rings. The van der Waals surface area contributed by atoms with Gasteiger partial charge < -0.3 is 20.3 Å². The van der Waals surface area contributed by atoms with E-state index in [1.807, 2.05) is 0 Å². The Kier molecular flexibility index (Phi) is 3.26. The van der Waals surface area contributed by atoms with E-state index in [0.717, 1.165) is 0 Å². The molecule has 1 unspecified atom stereocenters. The van der Waals surface area contributed by atoms with E-state index < -0.39 is 6.67 Å². The van der Waals surface area contributed by atoms with Crippen molar-refractivity contribution in [1.82, 2.24) is 0 Å². The van der Waals surface area contributed by atoms with Crippen LogP contribution in [0.5, 0.6) is 11.5 Å². The van der Waals surface area contributed by atoms with Gasteiger partial charge in [0.15, 0.2) is 11.5 Å².